The highest BCUT2D eigenvalue weighted by Gasteiger charge is 2.21. The molecule has 1 unspecified atom stereocenters. The van der Waals surface area contributed by atoms with E-state index in [4.69, 9.17) is 4.74 Å². The van der Waals surface area contributed by atoms with Gasteiger partial charge in [0.05, 0.1) is 18.5 Å². The van der Waals surface area contributed by atoms with Crippen LogP contribution in [0.2, 0.25) is 0 Å². The predicted octanol–water partition coefficient (Wildman–Crippen LogP) is 3.75. The molecule has 24 heavy (non-hydrogen) atoms. The molecule has 0 fully saturated rings. The van der Waals surface area contributed by atoms with Crippen molar-refractivity contribution in [3.63, 3.8) is 0 Å². The topological polar surface area (TPSA) is 51.5 Å². The molecule has 1 aromatic carbocycles. The van der Waals surface area contributed by atoms with Crippen LogP contribution in [0.1, 0.15) is 32.0 Å². The molecule has 0 amide bonds. The summed E-state index contributed by atoms with van der Waals surface area (Å²) in [5.41, 5.74) is 2.41. The molecule has 0 spiro atoms. The zero-order chi connectivity index (χ0) is 16.7. The number of rotatable bonds is 3. The van der Waals surface area contributed by atoms with Crippen molar-refractivity contribution in [2.24, 2.45) is 5.92 Å². The van der Waals surface area contributed by atoms with Crippen LogP contribution in [0, 0.1) is 5.92 Å². The molecule has 0 saturated heterocycles. The third-order valence-corrected chi connectivity index (χ3v) is 5.19. The Balaban J connectivity index is 1.41. The van der Waals surface area contributed by atoms with Gasteiger partial charge in [-0.15, -0.1) is 5.10 Å². The number of benzene rings is 1. The molecular weight excluding hydrogens is 320 g/mol. The van der Waals surface area contributed by atoms with Crippen molar-refractivity contribution < 1.29 is 4.74 Å². The molecule has 6 heteroatoms. The summed E-state index contributed by atoms with van der Waals surface area (Å²) >= 11 is 1.60. The van der Waals surface area contributed by atoms with Gasteiger partial charge >= 0.3 is 0 Å². The van der Waals surface area contributed by atoms with Crippen molar-refractivity contribution in [2.75, 3.05) is 18.5 Å². The largest absolute Gasteiger partial charge is 0.493 e. The number of aromatic nitrogens is 3. The monoisotopic (exact) mass is 342 g/mol. The Labute approximate surface area is 145 Å². The van der Waals surface area contributed by atoms with E-state index >= 15 is 0 Å². The zero-order valence-electron chi connectivity index (χ0n) is 14.2. The Bertz CT molecular complexity index is 830. The first-order valence-electron chi connectivity index (χ1n) is 8.30. The van der Waals surface area contributed by atoms with E-state index in [0.29, 0.717) is 5.92 Å². The maximum Gasteiger partial charge on any atom is 0.214 e. The third kappa shape index (κ3) is 2.98. The van der Waals surface area contributed by atoms with Crippen molar-refractivity contribution >= 4 is 21.4 Å². The van der Waals surface area contributed by atoms with E-state index < -0.39 is 0 Å². The number of para-hydroxylation sites is 1. The smallest absolute Gasteiger partial charge is 0.214 e. The van der Waals surface area contributed by atoms with Gasteiger partial charge in [-0.25, -0.2) is 9.50 Å². The zero-order valence-corrected chi connectivity index (χ0v) is 15.1. The number of ether oxygens (including phenoxy) is 1. The van der Waals surface area contributed by atoms with Gasteiger partial charge in [0.1, 0.15) is 5.75 Å². The summed E-state index contributed by atoms with van der Waals surface area (Å²) in [7, 11) is 0. The van der Waals surface area contributed by atoms with E-state index in [9.17, 15) is 0 Å². The van der Waals surface area contributed by atoms with E-state index in [-0.39, 0.29) is 5.41 Å². The molecule has 1 N–H and O–H groups in total. The van der Waals surface area contributed by atoms with E-state index in [0.717, 1.165) is 41.1 Å². The van der Waals surface area contributed by atoms with Crippen LogP contribution < -0.4 is 10.1 Å². The molecule has 5 nitrogen and oxygen atoms in total. The molecule has 0 saturated carbocycles. The highest BCUT2D eigenvalue weighted by atomic mass is 32.1. The summed E-state index contributed by atoms with van der Waals surface area (Å²) < 4.78 is 7.72. The van der Waals surface area contributed by atoms with Gasteiger partial charge in [0, 0.05) is 17.9 Å². The minimum atomic E-state index is 0.0494. The van der Waals surface area contributed by atoms with Gasteiger partial charge in [-0.2, -0.15) is 0 Å². The fourth-order valence-electron chi connectivity index (χ4n) is 2.89. The number of nitrogens with one attached hydrogen (secondary N) is 1. The van der Waals surface area contributed by atoms with Gasteiger partial charge in [-0.05, 0) is 18.1 Å². The first kappa shape index (κ1) is 15.4. The van der Waals surface area contributed by atoms with Crippen LogP contribution in [0.25, 0.3) is 4.96 Å². The average molecular weight is 342 g/mol. The number of hydrogen-bond acceptors (Lipinski definition) is 5. The van der Waals surface area contributed by atoms with Crippen molar-refractivity contribution in [3.8, 4) is 5.75 Å². The molecular formula is C18H22N4OS. The summed E-state index contributed by atoms with van der Waals surface area (Å²) in [6.45, 7) is 8.11. The van der Waals surface area contributed by atoms with Crippen molar-refractivity contribution in [1.82, 2.24) is 14.6 Å². The van der Waals surface area contributed by atoms with Gasteiger partial charge in [0.25, 0.3) is 0 Å². The fraction of sp³-hybridized carbons (Fsp3) is 0.444. The van der Waals surface area contributed by atoms with Gasteiger partial charge < -0.3 is 10.1 Å². The van der Waals surface area contributed by atoms with Crippen molar-refractivity contribution in [3.05, 3.63) is 41.7 Å². The van der Waals surface area contributed by atoms with Crippen LogP contribution in [-0.2, 0) is 11.8 Å². The molecule has 0 radical (unpaired) electrons. The summed E-state index contributed by atoms with van der Waals surface area (Å²) in [5, 5.41) is 8.96. The second-order valence-electron chi connectivity index (χ2n) is 7.38. The lowest BCUT2D eigenvalue weighted by molar-refractivity contribution is 0.229. The number of nitrogens with zero attached hydrogens (tertiary/aromatic N) is 3. The van der Waals surface area contributed by atoms with Gasteiger partial charge in [-0.3, -0.25) is 0 Å². The van der Waals surface area contributed by atoms with Crippen molar-refractivity contribution in [1.29, 1.82) is 0 Å². The molecule has 2 aromatic heterocycles. The Morgan fingerprint density at radius 3 is 2.96 bits per heavy atom. The lowest BCUT2D eigenvalue weighted by Gasteiger charge is -2.25. The second kappa shape index (κ2) is 5.77. The molecule has 1 atom stereocenters. The summed E-state index contributed by atoms with van der Waals surface area (Å²) in [6.07, 6.45) is 3.07. The van der Waals surface area contributed by atoms with Gasteiger partial charge in [0.15, 0.2) is 0 Å². The first-order valence-corrected chi connectivity index (χ1v) is 9.12. The van der Waals surface area contributed by atoms with Crippen LogP contribution in [0.15, 0.2) is 30.5 Å². The highest BCUT2D eigenvalue weighted by molar-refractivity contribution is 7.20. The Hall–Kier alpha value is -2.08. The van der Waals surface area contributed by atoms with Crippen LogP contribution in [0.5, 0.6) is 5.75 Å². The second-order valence-corrected chi connectivity index (χ2v) is 8.34. The molecule has 1 aliphatic heterocycles. The van der Waals surface area contributed by atoms with Gasteiger partial charge in [0.2, 0.25) is 10.1 Å². The Morgan fingerprint density at radius 2 is 2.17 bits per heavy atom. The number of imidazole rings is 1. The van der Waals surface area contributed by atoms with Crippen LogP contribution >= 0.6 is 11.3 Å². The number of fused-ring (bicyclic) bond motifs is 2. The van der Waals surface area contributed by atoms with Crippen LogP contribution in [0.4, 0.5) is 5.13 Å². The molecule has 3 aromatic rings. The quantitative estimate of drug-likeness (QED) is 0.787. The molecule has 0 aliphatic carbocycles. The maximum absolute atomic E-state index is 5.85. The molecule has 0 bridgehead atoms. The minimum Gasteiger partial charge on any atom is -0.493 e. The summed E-state index contributed by atoms with van der Waals surface area (Å²) in [6, 6.07) is 8.28. The fourth-order valence-corrected chi connectivity index (χ4v) is 3.67. The number of anilines is 1. The molecule has 4 rings (SSSR count). The minimum absolute atomic E-state index is 0.0494. The van der Waals surface area contributed by atoms with E-state index in [1.165, 1.54) is 5.56 Å². The first-order chi connectivity index (χ1) is 11.5. The average Bonchev–Trinajstić information content (AvgIpc) is 3.11. The summed E-state index contributed by atoms with van der Waals surface area (Å²) in [4.78, 5) is 5.62. The third-order valence-electron chi connectivity index (χ3n) is 4.31. The van der Waals surface area contributed by atoms with Crippen molar-refractivity contribution in [2.45, 2.75) is 32.6 Å². The normalized spacial score (nSPS) is 17.5. The lowest BCUT2D eigenvalue weighted by atomic mass is 9.93. The standard InChI is InChI=1S/C18H22N4OS/c1-18(2,3)15-10-22-17(20-15)24-16(21-22)19-9-12-8-13-6-4-5-7-14(13)23-11-12/h4-7,10,12H,8-9,11H2,1-3H3,(H,19,21). The Kier molecular flexibility index (Phi) is 3.72. The number of hydrogen-bond donors (Lipinski definition) is 1. The Morgan fingerprint density at radius 1 is 1.33 bits per heavy atom. The van der Waals surface area contributed by atoms with Crippen LogP contribution in [-0.4, -0.2) is 27.7 Å². The highest BCUT2D eigenvalue weighted by Crippen LogP contribution is 2.28. The molecule has 3 heterocycles. The molecule has 126 valence electrons. The van der Waals surface area contributed by atoms with E-state index in [2.05, 4.69) is 48.3 Å². The summed E-state index contributed by atoms with van der Waals surface area (Å²) in [5.74, 6) is 1.48. The SMILES string of the molecule is CC(C)(C)c1cn2nc(NCC3COc4ccccc4C3)sc2n1. The predicted molar refractivity (Wildman–Crippen MR) is 97.2 cm³/mol. The van der Waals surface area contributed by atoms with Gasteiger partial charge in [-0.1, -0.05) is 50.3 Å². The lowest BCUT2D eigenvalue weighted by Crippen LogP contribution is -2.27. The molecule has 1 aliphatic rings. The van der Waals surface area contributed by atoms with E-state index in [1.54, 1.807) is 11.3 Å². The van der Waals surface area contributed by atoms with Crippen LogP contribution in [0.3, 0.4) is 0 Å². The van der Waals surface area contributed by atoms with E-state index in [1.807, 2.05) is 22.8 Å². The maximum atomic E-state index is 5.85.